The Hall–Kier alpha value is -1.09. The second kappa shape index (κ2) is 4.48. The molecule has 0 aromatic heterocycles. The van der Waals surface area contributed by atoms with Gasteiger partial charge in [-0.05, 0) is 24.6 Å². The highest BCUT2D eigenvalue weighted by molar-refractivity contribution is 7.68. The van der Waals surface area contributed by atoms with Crippen molar-refractivity contribution in [2.75, 3.05) is 20.4 Å². The Labute approximate surface area is 113 Å². The summed E-state index contributed by atoms with van der Waals surface area (Å²) in [7, 11) is 1.35. The zero-order valence-corrected chi connectivity index (χ0v) is 12.2. The highest BCUT2D eigenvalue weighted by atomic mass is 31.1. The highest BCUT2D eigenvalue weighted by Crippen LogP contribution is 2.64. The molecule has 3 unspecified atom stereocenters. The molecule has 1 N–H and O–H groups in total. The fourth-order valence-corrected chi connectivity index (χ4v) is 4.37. The van der Waals surface area contributed by atoms with E-state index in [0.717, 1.165) is 22.6 Å². The van der Waals surface area contributed by atoms with E-state index in [1.807, 2.05) is 13.0 Å². The monoisotopic (exact) mass is 281 g/mol. The number of benzene rings is 1. The standard InChI is InChI=1S/C14H18O4P/c1-9-6-10-13(11(7-9)16-2)17-12(4-5-15)18-14(10)8-19(14)3/h6-8,12,15H,4-5H2,1-3H3/q+1. The molecule has 0 amide bonds. The van der Waals surface area contributed by atoms with Crippen LogP contribution in [0.1, 0.15) is 17.5 Å². The van der Waals surface area contributed by atoms with Crippen LogP contribution in [0.15, 0.2) is 12.1 Å². The van der Waals surface area contributed by atoms with Crippen LogP contribution in [0.25, 0.3) is 0 Å². The number of hydrogen-bond donors (Lipinski definition) is 1. The molecule has 0 bridgehead atoms. The average Bonchev–Trinajstić information content (AvgIpc) is 3.01. The summed E-state index contributed by atoms with van der Waals surface area (Å²) in [6, 6.07) is 4.07. The molecule has 3 atom stereocenters. The summed E-state index contributed by atoms with van der Waals surface area (Å²) in [5.74, 6) is 3.73. The molecule has 1 aromatic rings. The topological polar surface area (TPSA) is 47.9 Å². The van der Waals surface area contributed by atoms with Gasteiger partial charge in [-0.15, -0.1) is 0 Å². The van der Waals surface area contributed by atoms with E-state index in [1.54, 1.807) is 7.11 Å². The maximum absolute atomic E-state index is 9.10. The fourth-order valence-electron chi connectivity index (χ4n) is 2.53. The van der Waals surface area contributed by atoms with E-state index >= 15 is 0 Å². The number of ether oxygens (including phenoxy) is 3. The van der Waals surface area contributed by atoms with Crippen molar-refractivity contribution in [3.8, 4) is 11.5 Å². The molecule has 2 heterocycles. The predicted octanol–water partition coefficient (Wildman–Crippen LogP) is 2.20. The molecule has 2 aliphatic heterocycles. The van der Waals surface area contributed by atoms with Crippen LogP contribution in [0.2, 0.25) is 0 Å². The van der Waals surface area contributed by atoms with E-state index in [0.29, 0.717) is 6.42 Å². The SMILES string of the molecule is COc1cc(C)cc2c1OC(CCO)OC21C=[P+]1C. The first-order valence-electron chi connectivity index (χ1n) is 6.34. The van der Waals surface area contributed by atoms with Crippen LogP contribution in [0, 0.1) is 6.92 Å². The summed E-state index contributed by atoms with van der Waals surface area (Å²) >= 11 is 0. The Morgan fingerprint density at radius 1 is 1.47 bits per heavy atom. The average molecular weight is 281 g/mol. The number of rotatable bonds is 3. The number of aliphatic hydroxyl groups excluding tert-OH is 1. The van der Waals surface area contributed by atoms with E-state index in [4.69, 9.17) is 19.3 Å². The molecule has 0 radical (unpaired) electrons. The zero-order chi connectivity index (χ0) is 13.6. The third-order valence-electron chi connectivity index (χ3n) is 3.56. The third-order valence-corrected chi connectivity index (χ3v) is 5.55. The van der Waals surface area contributed by atoms with Crippen LogP contribution in [-0.4, -0.2) is 37.6 Å². The molecule has 1 spiro atoms. The van der Waals surface area contributed by atoms with E-state index in [-0.39, 0.29) is 19.5 Å². The van der Waals surface area contributed by atoms with Crippen LogP contribution in [0.3, 0.4) is 0 Å². The van der Waals surface area contributed by atoms with Gasteiger partial charge in [0.2, 0.25) is 6.29 Å². The van der Waals surface area contributed by atoms with Crippen molar-refractivity contribution < 1.29 is 19.3 Å². The van der Waals surface area contributed by atoms with Crippen molar-refractivity contribution in [3.63, 3.8) is 0 Å². The Morgan fingerprint density at radius 2 is 2.21 bits per heavy atom. The summed E-state index contributed by atoms with van der Waals surface area (Å²) in [6.45, 7) is 4.28. The van der Waals surface area contributed by atoms with Crippen LogP contribution < -0.4 is 9.47 Å². The van der Waals surface area contributed by atoms with E-state index < -0.39 is 6.29 Å². The fraction of sp³-hybridized carbons (Fsp3) is 0.500. The Balaban J connectivity index is 2.07. The minimum atomic E-state index is -0.405. The normalized spacial score (nSPS) is 29.5. The molecule has 19 heavy (non-hydrogen) atoms. The first-order chi connectivity index (χ1) is 9.10. The number of hydrogen-bond acceptors (Lipinski definition) is 4. The van der Waals surface area contributed by atoms with E-state index in [1.165, 1.54) is 0 Å². The van der Waals surface area contributed by atoms with Crippen molar-refractivity contribution in [1.29, 1.82) is 0 Å². The Kier molecular flexibility index (Phi) is 3.05. The summed E-state index contributed by atoms with van der Waals surface area (Å²) in [5, 5.41) is 8.79. The smallest absolute Gasteiger partial charge is 0.315 e. The largest absolute Gasteiger partial charge is 0.493 e. The molecule has 5 heteroatoms. The second-order valence-corrected chi connectivity index (χ2v) is 7.10. The lowest BCUT2D eigenvalue weighted by Gasteiger charge is -2.30. The Morgan fingerprint density at radius 3 is 2.79 bits per heavy atom. The van der Waals surface area contributed by atoms with Gasteiger partial charge in [0, 0.05) is 13.0 Å². The molecule has 0 saturated heterocycles. The van der Waals surface area contributed by atoms with Gasteiger partial charge in [0.1, 0.15) is 7.55 Å². The summed E-state index contributed by atoms with van der Waals surface area (Å²) in [6.07, 6.45) is 0.0627. The van der Waals surface area contributed by atoms with E-state index in [9.17, 15) is 0 Å². The quantitative estimate of drug-likeness (QED) is 0.863. The minimum Gasteiger partial charge on any atom is -0.493 e. The first kappa shape index (κ1) is 12.9. The summed E-state index contributed by atoms with van der Waals surface area (Å²) < 4.78 is 17.3. The molecule has 102 valence electrons. The van der Waals surface area contributed by atoms with Crippen molar-refractivity contribution in [2.45, 2.75) is 25.0 Å². The van der Waals surface area contributed by atoms with Gasteiger partial charge in [-0.1, -0.05) is 0 Å². The molecular weight excluding hydrogens is 263 g/mol. The van der Waals surface area contributed by atoms with Crippen molar-refractivity contribution >= 4 is 13.3 Å². The minimum absolute atomic E-state index is 0.0475. The second-order valence-electron chi connectivity index (χ2n) is 4.96. The summed E-state index contributed by atoms with van der Waals surface area (Å²) in [4.78, 5) is 0. The number of aliphatic hydroxyl groups is 1. The van der Waals surface area contributed by atoms with Crippen LogP contribution >= 0.6 is 7.55 Å². The van der Waals surface area contributed by atoms with Gasteiger partial charge >= 0.3 is 5.34 Å². The molecule has 1 aromatic carbocycles. The van der Waals surface area contributed by atoms with Gasteiger partial charge in [-0.3, -0.25) is 4.74 Å². The molecule has 0 saturated carbocycles. The Bertz CT molecular complexity index is 555. The maximum Gasteiger partial charge on any atom is 0.315 e. The van der Waals surface area contributed by atoms with Gasteiger partial charge in [0.15, 0.2) is 17.3 Å². The van der Waals surface area contributed by atoms with Gasteiger partial charge in [-0.2, -0.15) is 0 Å². The van der Waals surface area contributed by atoms with Crippen molar-refractivity contribution in [2.24, 2.45) is 0 Å². The van der Waals surface area contributed by atoms with Crippen LogP contribution in [0.5, 0.6) is 11.5 Å². The lowest BCUT2D eigenvalue weighted by atomic mass is 10.0. The van der Waals surface area contributed by atoms with Crippen molar-refractivity contribution in [3.05, 3.63) is 23.3 Å². The van der Waals surface area contributed by atoms with Gasteiger partial charge in [-0.25, -0.2) is 0 Å². The number of aryl methyl sites for hydroxylation is 1. The number of fused-ring (bicyclic) bond motifs is 2. The highest BCUT2D eigenvalue weighted by Gasteiger charge is 2.64. The van der Waals surface area contributed by atoms with Gasteiger partial charge in [0.05, 0.1) is 19.3 Å². The lowest BCUT2D eigenvalue weighted by Crippen LogP contribution is -2.35. The van der Waals surface area contributed by atoms with Gasteiger partial charge in [0.25, 0.3) is 0 Å². The van der Waals surface area contributed by atoms with Gasteiger partial charge < -0.3 is 14.6 Å². The lowest BCUT2D eigenvalue weighted by molar-refractivity contribution is -0.136. The van der Waals surface area contributed by atoms with Crippen LogP contribution in [-0.2, 0) is 10.1 Å². The molecule has 4 nitrogen and oxygen atoms in total. The summed E-state index contributed by atoms with van der Waals surface area (Å²) in [5.41, 5.74) is 2.19. The van der Waals surface area contributed by atoms with Crippen molar-refractivity contribution in [1.82, 2.24) is 0 Å². The van der Waals surface area contributed by atoms with E-state index in [2.05, 4.69) is 18.5 Å². The number of methoxy groups -OCH3 is 1. The third kappa shape index (κ3) is 1.95. The molecule has 2 aliphatic rings. The molecule has 3 rings (SSSR count). The zero-order valence-electron chi connectivity index (χ0n) is 11.3. The maximum atomic E-state index is 9.10. The van der Waals surface area contributed by atoms with Crippen LogP contribution in [0.4, 0.5) is 0 Å². The predicted molar refractivity (Wildman–Crippen MR) is 75.5 cm³/mol. The first-order valence-corrected chi connectivity index (χ1v) is 8.20. The molecular formula is C14H18O4P+. The molecule has 0 aliphatic carbocycles. The molecule has 0 fully saturated rings.